The summed E-state index contributed by atoms with van der Waals surface area (Å²) in [4.78, 5) is 27.0. The molecule has 11 nitrogen and oxygen atoms in total. The summed E-state index contributed by atoms with van der Waals surface area (Å²) in [6.45, 7) is 5.73. The molecule has 38 heavy (non-hydrogen) atoms. The number of rotatable bonds is 8. The Morgan fingerprint density at radius 2 is 1.55 bits per heavy atom. The van der Waals surface area contributed by atoms with E-state index < -0.39 is 0 Å². The second kappa shape index (κ2) is 11.5. The summed E-state index contributed by atoms with van der Waals surface area (Å²) >= 11 is 0. The summed E-state index contributed by atoms with van der Waals surface area (Å²) in [5.74, 6) is 2.55. The fourth-order valence-electron chi connectivity index (χ4n) is 4.89. The zero-order valence-corrected chi connectivity index (χ0v) is 21.4. The van der Waals surface area contributed by atoms with Gasteiger partial charge in [-0.25, -0.2) is 19.9 Å². The van der Waals surface area contributed by atoms with E-state index in [1.807, 2.05) is 35.5 Å². The molecule has 0 amide bonds. The van der Waals surface area contributed by atoms with E-state index in [-0.39, 0.29) is 0 Å². The zero-order valence-electron chi connectivity index (χ0n) is 21.4. The van der Waals surface area contributed by atoms with Crippen LogP contribution in [0.1, 0.15) is 24.0 Å². The van der Waals surface area contributed by atoms with Crippen molar-refractivity contribution < 1.29 is 4.74 Å². The molecule has 2 aliphatic heterocycles. The van der Waals surface area contributed by atoms with E-state index >= 15 is 0 Å². The van der Waals surface area contributed by atoms with Crippen molar-refractivity contribution >= 4 is 23.5 Å². The highest BCUT2D eigenvalue weighted by molar-refractivity contribution is 5.51. The standard InChI is InChI=1S/C27H32N10O/c1-2-4-21(5-3-1)14-23-15-28-26(29-16-23)35-8-10-36(11-9-35)27-31-20-30-25(34-27)33-24-17-32-37(19-24)18-22-6-12-38-13-7-22/h1-5,15-17,19-20,22H,6-14,18H2,(H,30,31,33,34). The molecule has 0 spiro atoms. The maximum absolute atomic E-state index is 5.46. The molecule has 1 aromatic carbocycles. The van der Waals surface area contributed by atoms with Crippen molar-refractivity contribution in [2.75, 3.05) is 54.5 Å². The summed E-state index contributed by atoms with van der Waals surface area (Å²) in [6, 6.07) is 10.4. The predicted octanol–water partition coefficient (Wildman–Crippen LogP) is 2.95. The third-order valence-corrected chi connectivity index (χ3v) is 7.02. The number of piperazine rings is 1. The SMILES string of the molecule is c1ccc(Cc2cnc(N3CCN(c4ncnc(Nc5cnn(CC6CCOCC6)c5)n4)CC3)nc2)cc1. The van der Waals surface area contributed by atoms with Gasteiger partial charge in [0.05, 0.1) is 11.9 Å². The lowest BCUT2D eigenvalue weighted by Crippen LogP contribution is -2.47. The van der Waals surface area contributed by atoms with Crippen molar-refractivity contribution in [2.45, 2.75) is 25.8 Å². The molecule has 6 rings (SSSR count). The highest BCUT2D eigenvalue weighted by Gasteiger charge is 2.21. The zero-order chi connectivity index (χ0) is 25.6. The minimum atomic E-state index is 0.514. The maximum atomic E-state index is 5.46. The first-order chi connectivity index (χ1) is 18.8. The molecule has 11 heteroatoms. The van der Waals surface area contributed by atoms with Crippen molar-refractivity contribution in [3.8, 4) is 0 Å². The third-order valence-electron chi connectivity index (χ3n) is 7.02. The Hall–Kier alpha value is -4.12. The average Bonchev–Trinajstić information content (AvgIpc) is 3.41. The van der Waals surface area contributed by atoms with Crippen molar-refractivity contribution in [3.05, 3.63) is 72.6 Å². The van der Waals surface area contributed by atoms with E-state index in [1.165, 1.54) is 5.56 Å². The van der Waals surface area contributed by atoms with E-state index in [1.54, 1.807) is 6.33 Å². The molecule has 3 aromatic heterocycles. The highest BCUT2D eigenvalue weighted by Crippen LogP contribution is 2.20. The summed E-state index contributed by atoms with van der Waals surface area (Å²) in [5.41, 5.74) is 3.23. The molecule has 0 atom stereocenters. The first-order valence-corrected chi connectivity index (χ1v) is 13.2. The maximum Gasteiger partial charge on any atom is 0.232 e. The van der Waals surface area contributed by atoms with Crippen LogP contribution < -0.4 is 15.1 Å². The Labute approximate surface area is 221 Å². The number of hydrogen-bond donors (Lipinski definition) is 1. The van der Waals surface area contributed by atoms with Gasteiger partial charge in [-0.1, -0.05) is 30.3 Å². The molecule has 5 heterocycles. The van der Waals surface area contributed by atoms with Gasteiger partial charge in [-0.2, -0.15) is 10.1 Å². The summed E-state index contributed by atoms with van der Waals surface area (Å²) < 4.78 is 7.44. The molecule has 0 radical (unpaired) electrons. The van der Waals surface area contributed by atoms with Crippen LogP contribution in [0.2, 0.25) is 0 Å². The quantitative estimate of drug-likeness (QED) is 0.378. The Morgan fingerprint density at radius 3 is 2.32 bits per heavy atom. The van der Waals surface area contributed by atoms with Crippen LogP contribution in [0.3, 0.4) is 0 Å². The number of benzene rings is 1. The van der Waals surface area contributed by atoms with Crippen LogP contribution in [0.5, 0.6) is 0 Å². The smallest absolute Gasteiger partial charge is 0.232 e. The van der Waals surface area contributed by atoms with Crippen molar-refractivity contribution in [1.29, 1.82) is 0 Å². The Kier molecular flexibility index (Phi) is 7.34. The van der Waals surface area contributed by atoms with E-state index in [2.05, 4.69) is 69.4 Å². The lowest BCUT2D eigenvalue weighted by atomic mass is 10.0. The summed E-state index contributed by atoms with van der Waals surface area (Å²) in [6.07, 6.45) is 12.2. The topological polar surface area (TPSA) is 110 Å². The van der Waals surface area contributed by atoms with Gasteiger partial charge in [-0.3, -0.25) is 4.68 Å². The Bertz CT molecular complexity index is 1300. The molecule has 2 fully saturated rings. The fraction of sp³-hybridized carbons (Fsp3) is 0.407. The van der Waals surface area contributed by atoms with Gasteiger partial charge >= 0.3 is 0 Å². The number of nitrogens with zero attached hydrogens (tertiary/aromatic N) is 9. The van der Waals surface area contributed by atoms with Crippen molar-refractivity contribution in [3.63, 3.8) is 0 Å². The monoisotopic (exact) mass is 512 g/mol. The molecule has 0 bridgehead atoms. The fourth-order valence-corrected chi connectivity index (χ4v) is 4.89. The first kappa shape index (κ1) is 24.2. The van der Waals surface area contributed by atoms with Gasteiger partial charge in [0.25, 0.3) is 0 Å². The minimum absolute atomic E-state index is 0.514. The first-order valence-electron chi connectivity index (χ1n) is 13.2. The Morgan fingerprint density at radius 1 is 0.816 bits per heavy atom. The van der Waals surface area contributed by atoms with Gasteiger partial charge in [0, 0.05) is 70.9 Å². The van der Waals surface area contributed by atoms with E-state index in [4.69, 9.17) is 4.74 Å². The van der Waals surface area contributed by atoms with Gasteiger partial charge < -0.3 is 19.9 Å². The van der Waals surface area contributed by atoms with E-state index in [9.17, 15) is 0 Å². The number of ether oxygens (including phenoxy) is 1. The van der Waals surface area contributed by atoms with Crippen LogP contribution in [-0.4, -0.2) is 74.1 Å². The molecule has 1 N–H and O–H groups in total. The van der Waals surface area contributed by atoms with Crippen LogP contribution in [0.15, 0.2) is 61.4 Å². The largest absolute Gasteiger partial charge is 0.381 e. The number of hydrogen-bond acceptors (Lipinski definition) is 10. The molecular formula is C27H32N10O. The number of aromatic nitrogens is 7. The molecular weight excluding hydrogens is 480 g/mol. The van der Waals surface area contributed by atoms with Gasteiger partial charge in [-0.15, -0.1) is 0 Å². The Balaban J connectivity index is 1.02. The molecule has 2 aliphatic rings. The lowest BCUT2D eigenvalue weighted by Gasteiger charge is -2.34. The van der Waals surface area contributed by atoms with E-state index in [0.717, 1.165) is 82.4 Å². The highest BCUT2D eigenvalue weighted by atomic mass is 16.5. The molecule has 0 aliphatic carbocycles. The van der Waals surface area contributed by atoms with Crippen LogP contribution >= 0.6 is 0 Å². The third kappa shape index (κ3) is 6.05. The van der Waals surface area contributed by atoms with Gasteiger partial charge in [0.2, 0.25) is 17.8 Å². The predicted molar refractivity (Wildman–Crippen MR) is 145 cm³/mol. The van der Waals surface area contributed by atoms with Crippen LogP contribution in [0.4, 0.5) is 23.5 Å². The summed E-state index contributed by atoms with van der Waals surface area (Å²) in [7, 11) is 0. The summed E-state index contributed by atoms with van der Waals surface area (Å²) in [5, 5.41) is 7.77. The van der Waals surface area contributed by atoms with Gasteiger partial charge in [0.15, 0.2) is 0 Å². The van der Waals surface area contributed by atoms with Gasteiger partial charge in [0.1, 0.15) is 6.33 Å². The number of anilines is 4. The molecule has 2 saturated heterocycles. The normalized spacial score (nSPS) is 16.5. The van der Waals surface area contributed by atoms with Crippen LogP contribution in [-0.2, 0) is 17.7 Å². The average molecular weight is 513 g/mol. The van der Waals surface area contributed by atoms with Crippen LogP contribution in [0.25, 0.3) is 0 Å². The number of nitrogens with one attached hydrogen (secondary N) is 1. The minimum Gasteiger partial charge on any atom is -0.381 e. The molecule has 0 unspecified atom stereocenters. The lowest BCUT2D eigenvalue weighted by molar-refractivity contribution is 0.0601. The van der Waals surface area contributed by atoms with E-state index in [0.29, 0.717) is 17.8 Å². The molecule has 0 saturated carbocycles. The molecule has 4 aromatic rings. The second-order valence-corrected chi connectivity index (χ2v) is 9.77. The second-order valence-electron chi connectivity index (χ2n) is 9.77. The van der Waals surface area contributed by atoms with Crippen molar-refractivity contribution in [2.24, 2.45) is 5.92 Å². The van der Waals surface area contributed by atoms with Gasteiger partial charge in [-0.05, 0) is 29.9 Å². The van der Waals surface area contributed by atoms with Crippen molar-refractivity contribution in [1.82, 2.24) is 34.7 Å². The molecule has 196 valence electrons. The van der Waals surface area contributed by atoms with Crippen LogP contribution in [0, 0.1) is 5.92 Å².